The first kappa shape index (κ1) is 27.1. The molecule has 0 saturated heterocycles. The van der Waals surface area contributed by atoms with Gasteiger partial charge in [-0.05, 0) is 0 Å². The van der Waals surface area contributed by atoms with E-state index < -0.39 is 35.0 Å². The molecule has 0 spiro atoms. The fourth-order valence-electron chi connectivity index (χ4n) is 2.54. The lowest BCUT2D eigenvalue weighted by Crippen LogP contribution is -2.55. The van der Waals surface area contributed by atoms with E-state index in [9.17, 15) is 28.8 Å². The average molecular weight is 465 g/mol. The van der Waals surface area contributed by atoms with Crippen molar-refractivity contribution in [1.82, 2.24) is 13.7 Å². The summed E-state index contributed by atoms with van der Waals surface area (Å²) in [4.78, 5) is 72.6. The Kier molecular flexibility index (Phi) is 11.6. The van der Waals surface area contributed by atoms with E-state index in [0.29, 0.717) is 13.7 Å². The van der Waals surface area contributed by atoms with Crippen molar-refractivity contribution in [1.29, 1.82) is 0 Å². The molecule has 33 heavy (non-hydrogen) atoms. The van der Waals surface area contributed by atoms with Crippen molar-refractivity contribution in [2.45, 2.75) is 38.9 Å². The molecular weight excluding hydrogens is 438 g/mol. The highest BCUT2D eigenvalue weighted by Crippen LogP contribution is 1.91. The van der Waals surface area contributed by atoms with E-state index in [0.717, 1.165) is 0 Å². The van der Waals surface area contributed by atoms with Gasteiger partial charge in [-0.25, -0.2) is 28.1 Å². The lowest BCUT2D eigenvalue weighted by molar-refractivity contribution is -0.143. The number of hydrogen-bond acceptors (Lipinski definition) is 9. The van der Waals surface area contributed by atoms with Crippen molar-refractivity contribution in [2.24, 2.45) is 0 Å². The number of esters is 3. The second-order valence-corrected chi connectivity index (χ2v) is 6.44. The van der Waals surface area contributed by atoms with Crippen LogP contribution in [0.1, 0.15) is 19.3 Å². The maximum absolute atomic E-state index is 12.7. The van der Waals surface area contributed by atoms with Crippen molar-refractivity contribution in [3.63, 3.8) is 0 Å². The summed E-state index contributed by atoms with van der Waals surface area (Å²) in [6, 6.07) is 0. The summed E-state index contributed by atoms with van der Waals surface area (Å²) >= 11 is 0. The fourth-order valence-corrected chi connectivity index (χ4v) is 2.54. The second kappa shape index (κ2) is 14.2. The Bertz CT molecular complexity index is 899. The predicted molar refractivity (Wildman–Crippen MR) is 117 cm³/mol. The third-order valence-electron chi connectivity index (χ3n) is 4.05. The first-order chi connectivity index (χ1) is 15.8. The Balaban J connectivity index is 3.16. The van der Waals surface area contributed by atoms with Gasteiger partial charge in [-0.3, -0.25) is 14.4 Å². The summed E-state index contributed by atoms with van der Waals surface area (Å²) in [7, 11) is 0. The van der Waals surface area contributed by atoms with Gasteiger partial charge in [-0.1, -0.05) is 18.2 Å². The van der Waals surface area contributed by atoms with Crippen LogP contribution < -0.4 is 17.1 Å². The van der Waals surface area contributed by atoms with Gasteiger partial charge in [0.25, 0.3) is 0 Å². The molecule has 0 N–H and O–H groups in total. The first-order valence-electron chi connectivity index (χ1n) is 10.0. The van der Waals surface area contributed by atoms with E-state index in [2.05, 4.69) is 19.7 Å². The molecule has 0 fully saturated rings. The molecule has 1 aromatic heterocycles. The third kappa shape index (κ3) is 8.59. The zero-order valence-corrected chi connectivity index (χ0v) is 18.2. The molecule has 0 aliphatic rings. The van der Waals surface area contributed by atoms with Crippen LogP contribution in [0.15, 0.2) is 52.3 Å². The van der Waals surface area contributed by atoms with Crippen LogP contribution >= 0.6 is 0 Å². The van der Waals surface area contributed by atoms with Crippen LogP contribution in [0.25, 0.3) is 0 Å². The zero-order chi connectivity index (χ0) is 24.8. The number of ether oxygens (including phenoxy) is 3. The maximum Gasteiger partial charge on any atom is 0.336 e. The van der Waals surface area contributed by atoms with Crippen LogP contribution in [0.3, 0.4) is 0 Å². The fraction of sp³-hybridized carbons (Fsp3) is 0.429. The zero-order valence-electron chi connectivity index (χ0n) is 18.2. The van der Waals surface area contributed by atoms with Crippen molar-refractivity contribution < 1.29 is 28.6 Å². The summed E-state index contributed by atoms with van der Waals surface area (Å²) in [5.41, 5.74) is -2.90. The highest BCUT2D eigenvalue weighted by molar-refractivity contribution is 5.71. The minimum absolute atomic E-state index is 0.0508. The van der Waals surface area contributed by atoms with Crippen LogP contribution in [0, 0.1) is 0 Å². The van der Waals surface area contributed by atoms with Crippen LogP contribution in [-0.4, -0.2) is 51.4 Å². The van der Waals surface area contributed by atoms with E-state index >= 15 is 0 Å². The molecule has 0 aromatic carbocycles. The minimum atomic E-state index is -0.968. The Morgan fingerprint density at radius 2 is 0.818 bits per heavy atom. The Morgan fingerprint density at radius 1 is 0.576 bits per heavy atom. The molecule has 0 saturated carbocycles. The molecule has 0 unspecified atom stereocenters. The molecule has 1 rings (SSSR count). The van der Waals surface area contributed by atoms with Crippen molar-refractivity contribution in [2.75, 3.05) is 19.8 Å². The van der Waals surface area contributed by atoms with Gasteiger partial charge in [-0.2, -0.15) is 0 Å². The van der Waals surface area contributed by atoms with Crippen LogP contribution in [0.5, 0.6) is 0 Å². The summed E-state index contributed by atoms with van der Waals surface area (Å²) in [5, 5.41) is 0. The number of nitrogens with zero attached hydrogens (tertiary/aromatic N) is 3. The number of aromatic nitrogens is 3. The van der Waals surface area contributed by atoms with Crippen LogP contribution in [0.4, 0.5) is 0 Å². The summed E-state index contributed by atoms with van der Waals surface area (Å²) < 4.78 is 16.9. The van der Waals surface area contributed by atoms with Gasteiger partial charge >= 0.3 is 35.0 Å². The van der Waals surface area contributed by atoms with Crippen molar-refractivity contribution in [3.05, 3.63) is 69.4 Å². The van der Waals surface area contributed by atoms with Crippen LogP contribution in [-0.2, 0) is 48.2 Å². The van der Waals surface area contributed by atoms with Gasteiger partial charge in [0.1, 0.15) is 19.8 Å². The monoisotopic (exact) mass is 465 g/mol. The number of rotatable bonds is 15. The highest BCUT2D eigenvalue weighted by atomic mass is 16.5. The summed E-state index contributed by atoms with van der Waals surface area (Å²) in [6.07, 6.45) is 3.86. The highest BCUT2D eigenvalue weighted by Gasteiger charge is 2.17. The number of carbonyl (C=O) groups excluding carboxylic acids is 3. The average Bonchev–Trinajstić information content (AvgIpc) is 2.76. The molecule has 0 atom stereocenters. The SMILES string of the molecule is C=CCC(=O)OCCn1c(=O)n(CCOC(=O)CC=C)c(=O)n(CCOC(=O)CC=C)c1=O. The molecule has 0 aliphatic carbocycles. The Labute approximate surface area is 189 Å². The summed E-state index contributed by atoms with van der Waals surface area (Å²) in [5.74, 6) is -1.81. The first-order valence-corrected chi connectivity index (χ1v) is 10.0. The normalized spacial score (nSPS) is 10.2. The maximum atomic E-state index is 12.7. The number of carbonyl (C=O) groups is 3. The molecule has 0 radical (unpaired) electrons. The minimum Gasteiger partial charge on any atom is -0.464 e. The van der Waals surface area contributed by atoms with Crippen LogP contribution in [0.2, 0.25) is 0 Å². The standard InChI is InChI=1S/C21H27N3O9/c1-4-7-16(25)31-13-10-22-19(28)23(11-14-32-17(26)8-5-2)21(30)24(20(22)29)12-15-33-18(27)9-6-3/h4-6H,1-3,7-15H2. The van der Waals surface area contributed by atoms with Crippen molar-refractivity contribution >= 4 is 17.9 Å². The van der Waals surface area contributed by atoms with Gasteiger partial charge in [0.15, 0.2) is 0 Å². The van der Waals surface area contributed by atoms with E-state index in [-0.39, 0.29) is 58.7 Å². The van der Waals surface area contributed by atoms with Gasteiger partial charge in [0.2, 0.25) is 0 Å². The van der Waals surface area contributed by atoms with E-state index in [1.165, 1.54) is 18.2 Å². The lowest BCUT2D eigenvalue weighted by atomic mass is 10.4. The molecular formula is C21H27N3O9. The number of hydrogen-bond donors (Lipinski definition) is 0. The molecule has 12 heteroatoms. The summed E-state index contributed by atoms with van der Waals surface area (Å²) in [6.45, 7) is 8.32. The van der Waals surface area contributed by atoms with E-state index in [1.807, 2.05) is 0 Å². The topological polar surface area (TPSA) is 145 Å². The molecule has 0 amide bonds. The lowest BCUT2D eigenvalue weighted by Gasteiger charge is -2.14. The largest absolute Gasteiger partial charge is 0.464 e. The van der Waals surface area contributed by atoms with E-state index in [4.69, 9.17) is 14.2 Å². The second-order valence-electron chi connectivity index (χ2n) is 6.44. The molecule has 0 aliphatic heterocycles. The molecule has 12 nitrogen and oxygen atoms in total. The quantitative estimate of drug-likeness (QED) is 0.191. The van der Waals surface area contributed by atoms with Gasteiger partial charge in [0.05, 0.1) is 38.9 Å². The van der Waals surface area contributed by atoms with Gasteiger partial charge < -0.3 is 14.2 Å². The van der Waals surface area contributed by atoms with Crippen molar-refractivity contribution in [3.8, 4) is 0 Å². The van der Waals surface area contributed by atoms with E-state index in [1.54, 1.807) is 0 Å². The molecule has 1 heterocycles. The third-order valence-corrected chi connectivity index (χ3v) is 4.05. The smallest absolute Gasteiger partial charge is 0.336 e. The molecule has 0 bridgehead atoms. The van der Waals surface area contributed by atoms with Gasteiger partial charge in [-0.15, -0.1) is 19.7 Å². The van der Waals surface area contributed by atoms with Gasteiger partial charge in [0, 0.05) is 0 Å². The predicted octanol–water partition coefficient (Wildman–Crippen LogP) is -0.470. The Hall–Kier alpha value is -3.96. The Morgan fingerprint density at radius 3 is 1.03 bits per heavy atom. The molecule has 1 aromatic rings. The molecule has 180 valence electrons.